The normalized spacial score (nSPS) is 12.8. The molecule has 2 atom stereocenters. The van der Waals surface area contributed by atoms with Crippen molar-refractivity contribution in [1.82, 2.24) is 5.32 Å². The molecule has 2 unspecified atom stereocenters. The van der Waals surface area contributed by atoms with Gasteiger partial charge in [0.2, 0.25) is 5.91 Å². The molecule has 0 aromatic rings. The van der Waals surface area contributed by atoms with Crippen molar-refractivity contribution in [1.29, 1.82) is 0 Å². The van der Waals surface area contributed by atoms with Crippen molar-refractivity contribution in [3.05, 3.63) is 48.6 Å². The van der Waals surface area contributed by atoms with Gasteiger partial charge in [0.05, 0.1) is 25.4 Å². The number of hydrogen-bond donors (Lipinski definition) is 3. The van der Waals surface area contributed by atoms with Crippen LogP contribution in [0.4, 0.5) is 0 Å². The Morgan fingerprint density at radius 3 is 0.929 bits per heavy atom. The van der Waals surface area contributed by atoms with Crippen molar-refractivity contribution in [2.24, 2.45) is 0 Å². The minimum Gasteiger partial charge on any atom is -0.466 e. The summed E-state index contributed by atoms with van der Waals surface area (Å²) in [6, 6.07) is -0.631. The molecule has 0 aliphatic carbocycles. The molecule has 0 radical (unpaired) electrons. The van der Waals surface area contributed by atoms with Crippen LogP contribution in [0.5, 0.6) is 0 Å². The first kappa shape index (κ1) is 81.8. The maximum Gasteiger partial charge on any atom is 0.305 e. The molecule has 0 aromatic heterocycles. The summed E-state index contributed by atoms with van der Waals surface area (Å²) < 4.78 is 5.49. The van der Waals surface area contributed by atoms with E-state index in [-0.39, 0.29) is 18.5 Å². The summed E-state index contributed by atoms with van der Waals surface area (Å²) in [5.74, 6) is -0.0632. The van der Waals surface area contributed by atoms with Gasteiger partial charge < -0.3 is 20.3 Å². The van der Waals surface area contributed by atoms with Crippen LogP contribution in [0.1, 0.15) is 412 Å². The SMILES string of the molecule is CCCCCC/C=C\C/C=C\CCCCCCCC(=O)OCCCCCCCCCCCCCC/C=C\CCCCCCCCCCCCCC(=O)NC(CO)C(O)/C=C/CCCCCCCCCCCCCCCCCCCCCCCC. The number of rotatable bonds is 71. The summed E-state index contributed by atoms with van der Waals surface area (Å²) in [5, 5.41) is 23.3. The predicted octanol–water partition coefficient (Wildman–Crippen LogP) is 24.8. The number of aliphatic hydroxyl groups is 2. The zero-order chi connectivity index (χ0) is 60.6. The molecule has 0 aliphatic heterocycles. The molecule has 0 heterocycles. The van der Waals surface area contributed by atoms with Crippen LogP contribution in [0.2, 0.25) is 0 Å². The van der Waals surface area contributed by atoms with E-state index in [1.165, 1.54) is 334 Å². The van der Waals surface area contributed by atoms with Crippen molar-refractivity contribution >= 4 is 11.9 Å². The fourth-order valence-electron chi connectivity index (χ4n) is 11.8. The highest BCUT2D eigenvalue weighted by Gasteiger charge is 2.18. The number of nitrogens with one attached hydrogen (secondary N) is 1. The maximum absolute atomic E-state index is 12.5. The van der Waals surface area contributed by atoms with Crippen molar-refractivity contribution in [3.8, 4) is 0 Å². The molecule has 0 saturated carbocycles. The third-order valence-electron chi connectivity index (χ3n) is 17.6. The van der Waals surface area contributed by atoms with Gasteiger partial charge in [-0.2, -0.15) is 0 Å². The topological polar surface area (TPSA) is 95.9 Å². The molecule has 3 N–H and O–H groups in total. The second-order valence-electron chi connectivity index (χ2n) is 26.0. The number of amides is 1. The average molecular weight is 1180 g/mol. The van der Waals surface area contributed by atoms with E-state index in [2.05, 4.69) is 55.6 Å². The van der Waals surface area contributed by atoms with Gasteiger partial charge in [0.1, 0.15) is 0 Å². The second-order valence-corrected chi connectivity index (χ2v) is 26.0. The Morgan fingerprint density at radius 1 is 0.333 bits per heavy atom. The van der Waals surface area contributed by atoms with E-state index >= 15 is 0 Å². The van der Waals surface area contributed by atoms with E-state index in [0.717, 1.165) is 51.4 Å². The molecule has 0 saturated heterocycles. The molecule has 0 aliphatic rings. The zero-order valence-electron chi connectivity index (χ0n) is 56.6. The van der Waals surface area contributed by atoms with Crippen LogP contribution < -0.4 is 5.32 Å². The Morgan fingerprint density at radius 2 is 0.595 bits per heavy atom. The Labute approximate surface area is 525 Å². The molecule has 0 rings (SSSR count). The van der Waals surface area contributed by atoms with E-state index in [1.54, 1.807) is 6.08 Å². The smallest absolute Gasteiger partial charge is 0.305 e. The molecule has 0 bridgehead atoms. The van der Waals surface area contributed by atoms with Crippen LogP contribution in [0.3, 0.4) is 0 Å². The maximum atomic E-state index is 12.5. The molecule has 84 heavy (non-hydrogen) atoms. The predicted molar refractivity (Wildman–Crippen MR) is 370 cm³/mol. The average Bonchev–Trinajstić information content (AvgIpc) is 3.51. The highest BCUT2D eigenvalue weighted by Crippen LogP contribution is 2.19. The summed E-state index contributed by atoms with van der Waals surface area (Å²) in [7, 11) is 0. The lowest BCUT2D eigenvalue weighted by molar-refractivity contribution is -0.143. The van der Waals surface area contributed by atoms with E-state index in [1.807, 2.05) is 6.08 Å². The zero-order valence-corrected chi connectivity index (χ0v) is 56.6. The third kappa shape index (κ3) is 68.9. The van der Waals surface area contributed by atoms with Gasteiger partial charge in [-0.15, -0.1) is 0 Å². The largest absolute Gasteiger partial charge is 0.466 e. The minimum atomic E-state index is -0.847. The number of carbonyl (C=O) groups is 2. The highest BCUT2D eigenvalue weighted by atomic mass is 16.5. The second kappa shape index (κ2) is 73.3. The van der Waals surface area contributed by atoms with Gasteiger partial charge in [0.25, 0.3) is 0 Å². The van der Waals surface area contributed by atoms with E-state index in [4.69, 9.17) is 4.74 Å². The van der Waals surface area contributed by atoms with Gasteiger partial charge in [-0.1, -0.05) is 358 Å². The van der Waals surface area contributed by atoms with Crippen LogP contribution in [-0.2, 0) is 14.3 Å². The van der Waals surface area contributed by atoms with Crippen molar-refractivity contribution < 1.29 is 24.5 Å². The van der Waals surface area contributed by atoms with E-state index in [9.17, 15) is 19.8 Å². The molecular formula is C78H147NO5. The lowest BCUT2D eigenvalue weighted by Crippen LogP contribution is -2.45. The van der Waals surface area contributed by atoms with Gasteiger partial charge in [-0.3, -0.25) is 9.59 Å². The number of allylic oxidation sites excluding steroid dienone is 7. The number of ether oxygens (including phenoxy) is 1. The van der Waals surface area contributed by atoms with Gasteiger partial charge in [0.15, 0.2) is 0 Å². The standard InChI is InChI=1S/C78H147NO5/c1-3-5-7-9-11-13-15-17-19-21-22-23-24-30-33-36-39-42-46-50-54-58-62-66-70-76(81)75(74-80)79-77(82)71-67-63-59-55-51-47-43-40-37-34-31-28-26-25-27-29-32-35-38-41-45-49-53-57-61-65-69-73-84-78(83)72-68-64-60-56-52-48-44-20-18-16-14-12-10-8-6-4-2/h14,16,20,25-26,44,66,70,75-76,80-81H,3-13,15,17-19,21-24,27-43,45-65,67-69,71-74H2,1-2H3,(H,79,82)/b16-14-,26-25-,44-20-,70-66+. The Balaban J connectivity index is 3.42. The fraction of sp³-hybridized carbons (Fsp3) is 0.872. The first-order valence-electron chi connectivity index (χ1n) is 37.9. The van der Waals surface area contributed by atoms with Gasteiger partial charge in [-0.25, -0.2) is 0 Å². The number of hydrogen-bond acceptors (Lipinski definition) is 5. The Kier molecular flexibility index (Phi) is 71.4. The van der Waals surface area contributed by atoms with Crippen LogP contribution in [0, 0.1) is 0 Å². The number of aliphatic hydroxyl groups excluding tert-OH is 2. The Bertz CT molecular complexity index is 1400. The molecule has 0 spiro atoms. The minimum absolute atomic E-state index is 0.00166. The number of esters is 1. The molecular weight excluding hydrogens is 1030 g/mol. The molecule has 494 valence electrons. The Hall–Kier alpha value is -2.18. The van der Waals surface area contributed by atoms with Crippen LogP contribution in [-0.4, -0.2) is 47.4 Å². The molecule has 6 nitrogen and oxygen atoms in total. The van der Waals surface area contributed by atoms with Crippen molar-refractivity contribution in [2.45, 2.75) is 424 Å². The monoisotopic (exact) mass is 1180 g/mol. The molecule has 0 fully saturated rings. The first-order chi connectivity index (χ1) is 41.5. The number of unbranched alkanes of at least 4 members (excludes halogenated alkanes) is 54. The van der Waals surface area contributed by atoms with Crippen LogP contribution >= 0.6 is 0 Å². The summed E-state index contributed by atoms with van der Waals surface area (Å²) in [4.78, 5) is 24.6. The third-order valence-corrected chi connectivity index (χ3v) is 17.6. The summed E-state index contributed by atoms with van der Waals surface area (Å²) in [5.41, 5.74) is 0. The molecule has 1 amide bonds. The molecule has 0 aromatic carbocycles. The van der Waals surface area contributed by atoms with Crippen molar-refractivity contribution in [2.75, 3.05) is 13.2 Å². The van der Waals surface area contributed by atoms with Gasteiger partial charge >= 0.3 is 5.97 Å². The van der Waals surface area contributed by atoms with Gasteiger partial charge in [0, 0.05) is 12.8 Å². The first-order valence-corrected chi connectivity index (χ1v) is 37.9. The van der Waals surface area contributed by atoms with Gasteiger partial charge in [-0.05, 0) is 89.9 Å². The summed E-state index contributed by atoms with van der Waals surface area (Å²) >= 11 is 0. The summed E-state index contributed by atoms with van der Waals surface area (Å²) in [6.45, 7) is 4.92. The van der Waals surface area contributed by atoms with Crippen molar-refractivity contribution in [3.63, 3.8) is 0 Å². The summed E-state index contributed by atoms with van der Waals surface area (Å²) in [6.07, 6.45) is 96.4. The van der Waals surface area contributed by atoms with Crippen LogP contribution in [0.15, 0.2) is 48.6 Å². The lowest BCUT2D eigenvalue weighted by atomic mass is 10.0. The quantitative estimate of drug-likeness (QED) is 0.0320. The lowest BCUT2D eigenvalue weighted by Gasteiger charge is -2.20. The van der Waals surface area contributed by atoms with Crippen LogP contribution in [0.25, 0.3) is 0 Å². The van der Waals surface area contributed by atoms with E-state index in [0.29, 0.717) is 19.4 Å². The highest BCUT2D eigenvalue weighted by molar-refractivity contribution is 5.76. The number of carbonyl (C=O) groups excluding carboxylic acids is 2. The fourth-order valence-corrected chi connectivity index (χ4v) is 11.8. The van der Waals surface area contributed by atoms with E-state index < -0.39 is 12.1 Å². The molecule has 6 heteroatoms.